The Morgan fingerprint density at radius 2 is 2.00 bits per heavy atom. The van der Waals surface area contributed by atoms with Crippen molar-refractivity contribution >= 4 is 6.16 Å². The van der Waals surface area contributed by atoms with E-state index in [0.717, 1.165) is 12.8 Å². The van der Waals surface area contributed by atoms with E-state index >= 15 is 0 Å². The van der Waals surface area contributed by atoms with Crippen LogP contribution < -0.4 is 0 Å². The van der Waals surface area contributed by atoms with Crippen molar-refractivity contribution in [1.29, 1.82) is 0 Å². The maximum atomic E-state index is 10.2. The summed E-state index contributed by atoms with van der Waals surface area (Å²) in [6.07, 6.45) is 0.849. The van der Waals surface area contributed by atoms with Gasteiger partial charge in [-0.05, 0) is 12.8 Å². The van der Waals surface area contributed by atoms with Crippen molar-refractivity contribution in [2.75, 3.05) is 13.2 Å². The summed E-state index contributed by atoms with van der Waals surface area (Å²) in [7, 11) is 0. The van der Waals surface area contributed by atoms with Gasteiger partial charge in [0.15, 0.2) is 0 Å². The lowest BCUT2D eigenvalue weighted by molar-refractivity contribution is 0.0462. The zero-order valence-corrected chi connectivity index (χ0v) is 7.76. The highest BCUT2D eigenvalue weighted by molar-refractivity contribution is 5.56. The fraction of sp³-hybridized carbons (Fsp3) is 0.889. The highest BCUT2D eigenvalue weighted by Crippen LogP contribution is 2.43. The summed E-state index contributed by atoms with van der Waals surface area (Å²) in [5.41, 5.74) is 0. The van der Waals surface area contributed by atoms with Gasteiger partial charge in [0, 0.05) is 18.4 Å². The van der Waals surface area contributed by atoms with Crippen LogP contribution in [0.25, 0.3) is 0 Å². The van der Waals surface area contributed by atoms with Gasteiger partial charge in [-0.1, -0.05) is 0 Å². The molecule has 2 aliphatic rings. The molecular weight excluding hydrogens is 188 g/mol. The molecule has 5 nitrogen and oxygen atoms in total. The van der Waals surface area contributed by atoms with E-state index in [0.29, 0.717) is 0 Å². The fourth-order valence-electron chi connectivity index (χ4n) is 2.52. The van der Waals surface area contributed by atoms with Gasteiger partial charge in [-0.3, -0.25) is 0 Å². The van der Waals surface area contributed by atoms with E-state index in [1.54, 1.807) is 0 Å². The zero-order chi connectivity index (χ0) is 10.1. The second-order valence-corrected chi connectivity index (χ2v) is 3.88. The molecule has 2 aliphatic heterocycles. The number of carboxylic acid groups (broad SMARTS) is 1. The molecule has 0 aromatic rings. The van der Waals surface area contributed by atoms with Gasteiger partial charge in [-0.25, -0.2) is 4.79 Å². The minimum absolute atomic E-state index is 0.0369. The second kappa shape index (κ2) is 3.74. The van der Waals surface area contributed by atoms with Crippen LogP contribution in [0.4, 0.5) is 4.79 Å². The first-order chi connectivity index (χ1) is 6.72. The van der Waals surface area contributed by atoms with Crippen LogP contribution >= 0.6 is 0 Å². The third-order valence-corrected chi connectivity index (χ3v) is 3.20. The summed E-state index contributed by atoms with van der Waals surface area (Å²) in [5, 5.41) is 17.5. The normalized spacial score (nSPS) is 40.1. The van der Waals surface area contributed by atoms with Gasteiger partial charge in [-0.15, -0.1) is 0 Å². The third kappa shape index (κ3) is 1.57. The molecule has 2 heterocycles. The van der Waals surface area contributed by atoms with Gasteiger partial charge < -0.3 is 19.7 Å². The Morgan fingerprint density at radius 3 is 2.57 bits per heavy atom. The number of ether oxygens (including phenoxy) is 2. The van der Waals surface area contributed by atoms with Gasteiger partial charge in [0.25, 0.3) is 0 Å². The monoisotopic (exact) mass is 202 g/mol. The lowest BCUT2D eigenvalue weighted by atomic mass is 9.80. The predicted molar refractivity (Wildman–Crippen MR) is 45.9 cm³/mol. The van der Waals surface area contributed by atoms with E-state index in [2.05, 4.69) is 4.74 Å². The number of aliphatic hydroxyl groups is 1. The van der Waals surface area contributed by atoms with E-state index in [4.69, 9.17) is 14.9 Å². The molecule has 2 bridgehead atoms. The number of carbonyl (C=O) groups is 1. The smallest absolute Gasteiger partial charge is 0.450 e. The fourth-order valence-corrected chi connectivity index (χ4v) is 2.52. The van der Waals surface area contributed by atoms with Crippen LogP contribution in [0.5, 0.6) is 0 Å². The van der Waals surface area contributed by atoms with Crippen LogP contribution in [0.15, 0.2) is 0 Å². The minimum Gasteiger partial charge on any atom is -0.450 e. The quantitative estimate of drug-likeness (QED) is 0.650. The molecule has 5 heteroatoms. The molecule has 0 radical (unpaired) electrons. The van der Waals surface area contributed by atoms with Crippen molar-refractivity contribution in [2.24, 2.45) is 11.8 Å². The van der Waals surface area contributed by atoms with Crippen LogP contribution in [-0.4, -0.2) is 41.8 Å². The van der Waals surface area contributed by atoms with Crippen molar-refractivity contribution in [1.82, 2.24) is 0 Å². The molecule has 2 saturated heterocycles. The molecule has 2 rings (SSSR count). The van der Waals surface area contributed by atoms with Crippen molar-refractivity contribution in [3.8, 4) is 0 Å². The van der Waals surface area contributed by atoms with E-state index in [1.807, 2.05) is 0 Å². The average molecular weight is 202 g/mol. The van der Waals surface area contributed by atoms with E-state index in [9.17, 15) is 4.79 Å². The van der Waals surface area contributed by atoms with Crippen molar-refractivity contribution in [3.63, 3.8) is 0 Å². The molecule has 0 aromatic heterocycles. The Kier molecular flexibility index (Phi) is 2.60. The molecule has 0 spiro atoms. The highest BCUT2D eigenvalue weighted by atomic mass is 16.7. The molecule has 2 fully saturated rings. The Labute approximate surface area is 81.6 Å². The molecular formula is C9H14O5. The molecule has 0 aromatic carbocycles. The standard InChI is InChI=1S/C9H14O5/c10-3-5-6(4-13-9(11)12)8-2-1-7(5)14-8/h5-8,10H,1-4H2,(H,11,12)/t5-,6+,7-,8+/m0/s1. The molecule has 0 unspecified atom stereocenters. The number of aliphatic hydroxyl groups excluding tert-OH is 1. The summed E-state index contributed by atoms with van der Waals surface area (Å²) >= 11 is 0. The first-order valence-electron chi connectivity index (χ1n) is 4.84. The number of fused-ring (bicyclic) bond motifs is 2. The summed E-state index contributed by atoms with van der Waals surface area (Å²) < 4.78 is 10.1. The summed E-state index contributed by atoms with van der Waals surface area (Å²) in [6.45, 7) is 0.191. The lowest BCUT2D eigenvalue weighted by Gasteiger charge is -2.25. The SMILES string of the molecule is O=C(O)OC[C@@H]1[C@H](CO)[C@@H]2CC[C@H]1O2. The molecule has 80 valence electrons. The number of hydrogen-bond donors (Lipinski definition) is 2. The maximum absolute atomic E-state index is 10.2. The van der Waals surface area contributed by atoms with Crippen LogP contribution in [0, 0.1) is 11.8 Å². The maximum Gasteiger partial charge on any atom is 0.505 e. The van der Waals surface area contributed by atoms with Crippen LogP contribution in [0.3, 0.4) is 0 Å². The van der Waals surface area contributed by atoms with Crippen LogP contribution in [0.2, 0.25) is 0 Å². The topological polar surface area (TPSA) is 76.0 Å². The van der Waals surface area contributed by atoms with E-state index in [-0.39, 0.29) is 37.3 Å². The van der Waals surface area contributed by atoms with Gasteiger partial charge in [0.05, 0.1) is 12.2 Å². The van der Waals surface area contributed by atoms with Crippen LogP contribution in [0.1, 0.15) is 12.8 Å². The number of hydrogen-bond acceptors (Lipinski definition) is 4. The van der Waals surface area contributed by atoms with Gasteiger partial charge >= 0.3 is 6.16 Å². The van der Waals surface area contributed by atoms with Gasteiger partial charge in [0.2, 0.25) is 0 Å². The van der Waals surface area contributed by atoms with Gasteiger partial charge in [0.1, 0.15) is 6.61 Å². The van der Waals surface area contributed by atoms with E-state index in [1.165, 1.54) is 0 Å². The lowest BCUT2D eigenvalue weighted by Crippen LogP contribution is -2.33. The van der Waals surface area contributed by atoms with Crippen molar-refractivity contribution in [3.05, 3.63) is 0 Å². The molecule has 0 aliphatic carbocycles. The average Bonchev–Trinajstić information content (AvgIpc) is 2.72. The Balaban J connectivity index is 1.93. The zero-order valence-electron chi connectivity index (χ0n) is 7.76. The molecule has 4 atom stereocenters. The van der Waals surface area contributed by atoms with Crippen molar-refractivity contribution in [2.45, 2.75) is 25.0 Å². The van der Waals surface area contributed by atoms with Crippen molar-refractivity contribution < 1.29 is 24.5 Å². The Bertz CT molecular complexity index is 229. The summed E-state index contributed by atoms with van der Waals surface area (Å²) in [4.78, 5) is 10.2. The van der Waals surface area contributed by atoms with Crippen LogP contribution in [-0.2, 0) is 9.47 Å². The second-order valence-electron chi connectivity index (χ2n) is 3.88. The summed E-state index contributed by atoms with van der Waals surface area (Å²) in [5.74, 6) is 0.0861. The first kappa shape index (κ1) is 9.73. The summed E-state index contributed by atoms with van der Waals surface area (Å²) in [6, 6.07) is 0. The van der Waals surface area contributed by atoms with E-state index < -0.39 is 6.16 Å². The van der Waals surface area contributed by atoms with Gasteiger partial charge in [-0.2, -0.15) is 0 Å². The molecule has 2 N–H and O–H groups in total. The predicted octanol–water partition coefficient (Wildman–Crippen LogP) is 0.467. The third-order valence-electron chi connectivity index (χ3n) is 3.20. The first-order valence-corrected chi connectivity index (χ1v) is 4.84. The Morgan fingerprint density at radius 1 is 1.36 bits per heavy atom. The molecule has 14 heavy (non-hydrogen) atoms. The minimum atomic E-state index is -1.26. The largest absolute Gasteiger partial charge is 0.505 e. The Hall–Kier alpha value is -0.810. The molecule has 0 amide bonds. The number of rotatable bonds is 3. The highest BCUT2D eigenvalue weighted by Gasteiger charge is 2.48. The molecule has 0 saturated carbocycles.